The predicted molar refractivity (Wildman–Crippen MR) is 82.9 cm³/mol. The van der Waals surface area contributed by atoms with Gasteiger partial charge in [0.15, 0.2) is 0 Å². The molecule has 1 aromatic carbocycles. The molecule has 2 aromatic rings. The average molecular weight is 357 g/mol. The van der Waals surface area contributed by atoms with Crippen LogP contribution < -0.4 is 10.6 Å². The number of anilines is 3. The fourth-order valence-corrected chi connectivity index (χ4v) is 2.05. The summed E-state index contributed by atoms with van der Waals surface area (Å²) in [5.74, 6) is 0.472. The second kappa shape index (κ2) is 6.80. The van der Waals surface area contributed by atoms with Gasteiger partial charge in [0.2, 0.25) is 0 Å². The predicted octanol–water partition coefficient (Wildman–Crippen LogP) is 4.39. The normalized spacial score (nSPS) is 10.5. The molecule has 0 bridgehead atoms. The second-order valence-electron chi connectivity index (χ2n) is 4.48. The second-order valence-corrected chi connectivity index (χ2v) is 5.34. The summed E-state index contributed by atoms with van der Waals surface area (Å²) in [6.07, 6.45) is 0.957. The summed E-state index contributed by atoms with van der Waals surface area (Å²) in [6.45, 7) is 4.55. The molecule has 0 unspecified atom stereocenters. The fraction of sp³-hybridized carbons (Fsp3) is 0.286. The van der Waals surface area contributed by atoms with Crippen LogP contribution in [0.15, 0.2) is 22.7 Å². The standard InChI is InChI=1S/C14H15BrF2N4/c1-3-4-18-13-7-14(20-8(2)19-13)21-12-6-10(16)9(15)5-11(12)17/h5-7H,3-4H2,1-2H3,(H2,18,19,20,21). The molecule has 1 heterocycles. The molecule has 0 aliphatic heterocycles. The lowest BCUT2D eigenvalue weighted by atomic mass is 10.3. The summed E-state index contributed by atoms with van der Waals surface area (Å²) in [6, 6.07) is 3.81. The number of benzene rings is 1. The van der Waals surface area contributed by atoms with Gasteiger partial charge in [-0.3, -0.25) is 0 Å². The van der Waals surface area contributed by atoms with Crippen LogP contribution in [0, 0.1) is 18.6 Å². The quantitative estimate of drug-likeness (QED) is 0.780. The van der Waals surface area contributed by atoms with Gasteiger partial charge in [0.25, 0.3) is 0 Å². The first kappa shape index (κ1) is 15.6. The maximum Gasteiger partial charge on any atom is 0.148 e. The van der Waals surface area contributed by atoms with Crippen LogP contribution >= 0.6 is 15.9 Å². The number of aryl methyl sites for hydroxylation is 1. The van der Waals surface area contributed by atoms with E-state index in [-0.39, 0.29) is 10.2 Å². The molecule has 2 rings (SSSR count). The van der Waals surface area contributed by atoms with Crippen molar-refractivity contribution in [2.75, 3.05) is 17.2 Å². The molecule has 7 heteroatoms. The lowest BCUT2D eigenvalue weighted by molar-refractivity contribution is 0.597. The first-order valence-corrected chi connectivity index (χ1v) is 7.30. The largest absolute Gasteiger partial charge is 0.370 e. The summed E-state index contributed by atoms with van der Waals surface area (Å²) in [5, 5.41) is 5.90. The fourth-order valence-electron chi connectivity index (χ4n) is 1.73. The number of nitrogens with zero attached hydrogens (tertiary/aromatic N) is 2. The molecule has 21 heavy (non-hydrogen) atoms. The summed E-state index contributed by atoms with van der Waals surface area (Å²) in [4.78, 5) is 8.40. The Kier molecular flexibility index (Phi) is 5.06. The van der Waals surface area contributed by atoms with Crippen molar-refractivity contribution in [3.63, 3.8) is 0 Å². The number of aromatic nitrogens is 2. The maximum atomic E-state index is 13.8. The van der Waals surface area contributed by atoms with E-state index in [1.165, 1.54) is 0 Å². The van der Waals surface area contributed by atoms with Crippen LogP contribution in [0.1, 0.15) is 19.2 Å². The van der Waals surface area contributed by atoms with Gasteiger partial charge >= 0.3 is 0 Å². The van der Waals surface area contributed by atoms with Crippen molar-refractivity contribution in [2.45, 2.75) is 20.3 Å². The Morgan fingerprint density at radius 2 is 1.81 bits per heavy atom. The highest BCUT2D eigenvalue weighted by molar-refractivity contribution is 9.10. The third-order valence-electron chi connectivity index (χ3n) is 2.67. The minimum absolute atomic E-state index is 0.0234. The van der Waals surface area contributed by atoms with Crippen molar-refractivity contribution in [3.05, 3.63) is 40.1 Å². The highest BCUT2D eigenvalue weighted by Crippen LogP contribution is 2.26. The zero-order chi connectivity index (χ0) is 15.4. The molecule has 0 amide bonds. The van der Waals surface area contributed by atoms with Crippen molar-refractivity contribution >= 4 is 33.3 Å². The van der Waals surface area contributed by atoms with Crippen LogP contribution in [0.2, 0.25) is 0 Å². The van der Waals surface area contributed by atoms with E-state index >= 15 is 0 Å². The summed E-state index contributed by atoms with van der Waals surface area (Å²) < 4.78 is 27.4. The Labute approximate surface area is 130 Å². The van der Waals surface area contributed by atoms with Gasteiger partial charge in [-0.15, -0.1) is 0 Å². The van der Waals surface area contributed by atoms with Crippen molar-refractivity contribution in [1.82, 2.24) is 9.97 Å². The topological polar surface area (TPSA) is 49.8 Å². The Bertz CT molecular complexity index is 649. The molecule has 2 N–H and O–H groups in total. The number of hydrogen-bond donors (Lipinski definition) is 2. The maximum absolute atomic E-state index is 13.8. The van der Waals surface area contributed by atoms with Crippen molar-refractivity contribution in [2.24, 2.45) is 0 Å². The van der Waals surface area contributed by atoms with Crippen LogP contribution in [0.4, 0.5) is 26.1 Å². The zero-order valence-electron chi connectivity index (χ0n) is 11.7. The molecule has 0 fully saturated rings. The minimum Gasteiger partial charge on any atom is -0.370 e. The number of nitrogens with one attached hydrogen (secondary N) is 2. The number of hydrogen-bond acceptors (Lipinski definition) is 4. The monoisotopic (exact) mass is 356 g/mol. The molecular weight excluding hydrogens is 342 g/mol. The Balaban J connectivity index is 2.27. The zero-order valence-corrected chi connectivity index (χ0v) is 13.3. The summed E-state index contributed by atoms with van der Waals surface area (Å²) >= 11 is 2.94. The van der Waals surface area contributed by atoms with Gasteiger partial charge in [-0.05, 0) is 35.3 Å². The van der Waals surface area contributed by atoms with Crippen LogP contribution in [-0.4, -0.2) is 16.5 Å². The van der Waals surface area contributed by atoms with Gasteiger partial charge in [-0.2, -0.15) is 0 Å². The average Bonchev–Trinajstić information content (AvgIpc) is 2.42. The number of rotatable bonds is 5. The molecule has 1 aromatic heterocycles. The van der Waals surface area contributed by atoms with Gasteiger partial charge in [-0.1, -0.05) is 6.92 Å². The van der Waals surface area contributed by atoms with Gasteiger partial charge in [0, 0.05) is 18.7 Å². The van der Waals surface area contributed by atoms with Gasteiger partial charge in [-0.25, -0.2) is 18.7 Å². The van der Waals surface area contributed by atoms with Gasteiger partial charge < -0.3 is 10.6 Å². The van der Waals surface area contributed by atoms with E-state index in [1.54, 1.807) is 13.0 Å². The first-order valence-electron chi connectivity index (χ1n) is 6.50. The molecule has 0 spiro atoms. The minimum atomic E-state index is -0.567. The first-order chi connectivity index (χ1) is 9.99. The van der Waals surface area contributed by atoms with Crippen molar-refractivity contribution in [1.29, 1.82) is 0 Å². The smallest absolute Gasteiger partial charge is 0.148 e. The molecule has 0 aliphatic carbocycles. The molecule has 0 radical (unpaired) electrons. The molecule has 0 atom stereocenters. The lowest BCUT2D eigenvalue weighted by Crippen LogP contribution is -2.06. The van der Waals surface area contributed by atoms with E-state index in [2.05, 4.69) is 36.5 Å². The molecule has 0 aliphatic rings. The highest BCUT2D eigenvalue weighted by Gasteiger charge is 2.10. The Hall–Kier alpha value is -1.76. The highest BCUT2D eigenvalue weighted by atomic mass is 79.9. The van der Waals surface area contributed by atoms with E-state index in [1.807, 2.05) is 6.92 Å². The van der Waals surface area contributed by atoms with Crippen molar-refractivity contribution < 1.29 is 8.78 Å². The van der Waals surface area contributed by atoms with Crippen LogP contribution in [0.5, 0.6) is 0 Å². The van der Waals surface area contributed by atoms with E-state index < -0.39 is 11.6 Å². The third-order valence-corrected chi connectivity index (χ3v) is 3.27. The van der Waals surface area contributed by atoms with E-state index in [4.69, 9.17) is 0 Å². The van der Waals surface area contributed by atoms with E-state index in [0.29, 0.717) is 17.5 Å². The van der Waals surface area contributed by atoms with Gasteiger partial charge in [0.1, 0.15) is 29.1 Å². The molecule has 0 saturated heterocycles. The molecule has 0 saturated carbocycles. The molecule has 112 valence electrons. The molecular formula is C14H15BrF2N4. The Morgan fingerprint density at radius 1 is 1.10 bits per heavy atom. The van der Waals surface area contributed by atoms with E-state index in [9.17, 15) is 8.78 Å². The number of halogens is 3. The van der Waals surface area contributed by atoms with Crippen LogP contribution in [0.3, 0.4) is 0 Å². The summed E-state index contributed by atoms with van der Waals surface area (Å²) in [7, 11) is 0. The van der Waals surface area contributed by atoms with Crippen LogP contribution in [0.25, 0.3) is 0 Å². The third kappa shape index (κ3) is 4.10. The van der Waals surface area contributed by atoms with Gasteiger partial charge in [0.05, 0.1) is 10.2 Å². The lowest BCUT2D eigenvalue weighted by Gasteiger charge is -2.11. The SMILES string of the molecule is CCCNc1cc(Nc2cc(F)c(Br)cc2F)nc(C)n1. The molecule has 4 nitrogen and oxygen atoms in total. The van der Waals surface area contributed by atoms with E-state index in [0.717, 1.165) is 25.1 Å². The van der Waals surface area contributed by atoms with Crippen molar-refractivity contribution in [3.8, 4) is 0 Å². The van der Waals surface area contributed by atoms with Crippen LogP contribution in [-0.2, 0) is 0 Å². The Morgan fingerprint density at radius 3 is 2.52 bits per heavy atom. The summed E-state index contributed by atoms with van der Waals surface area (Å²) in [5.41, 5.74) is 0.0234.